The van der Waals surface area contributed by atoms with Crippen LogP contribution in [0.25, 0.3) is 0 Å². The summed E-state index contributed by atoms with van der Waals surface area (Å²) in [5.74, 6) is 0. The molecule has 0 amide bonds. The van der Waals surface area contributed by atoms with Crippen molar-refractivity contribution in [1.29, 1.82) is 5.26 Å². The smallest absolute Gasteiger partial charge is 0.120 e. The molecule has 0 aliphatic carbocycles. The van der Waals surface area contributed by atoms with Gasteiger partial charge in [-0.2, -0.15) is 5.26 Å². The molecule has 0 radical (unpaired) electrons. The minimum atomic E-state index is -0.688. The summed E-state index contributed by atoms with van der Waals surface area (Å²) in [5, 5.41) is 10.6. The van der Waals surface area contributed by atoms with Crippen LogP contribution in [0, 0.1) is 11.3 Å². The fourth-order valence-electron chi connectivity index (χ4n) is 2.25. The summed E-state index contributed by atoms with van der Waals surface area (Å²) in [6.07, 6.45) is 0. The lowest BCUT2D eigenvalue weighted by Crippen LogP contribution is -2.36. The zero-order valence-electron chi connectivity index (χ0n) is 10.3. The Labute approximate surface area is 130 Å². The standard InChI is InChI=1S/C16H13Br2N/c17-11-15(18)16(12-19,13-7-3-1-4-8-13)14-9-5-2-6-10-14/h1-10,15H,11H2. The van der Waals surface area contributed by atoms with Gasteiger partial charge in [0.25, 0.3) is 0 Å². The monoisotopic (exact) mass is 377 g/mol. The molecule has 0 saturated carbocycles. The summed E-state index contributed by atoms with van der Waals surface area (Å²) in [4.78, 5) is -0.00481. The van der Waals surface area contributed by atoms with E-state index in [1.807, 2.05) is 60.7 Å². The molecule has 1 nitrogen and oxygen atoms in total. The van der Waals surface area contributed by atoms with Gasteiger partial charge < -0.3 is 0 Å². The molecule has 0 bridgehead atoms. The summed E-state index contributed by atoms with van der Waals surface area (Å²) in [7, 11) is 0. The van der Waals surface area contributed by atoms with Crippen LogP contribution < -0.4 is 0 Å². The van der Waals surface area contributed by atoms with Crippen LogP contribution >= 0.6 is 31.9 Å². The van der Waals surface area contributed by atoms with Gasteiger partial charge in [-0.25, -0.2) is 0 Å². The van der Waals surface area contributed by atoms with Crippen molar-refractivity contribution in [3.63, 3.8) is 0 Å². The molecule has 3 heteroatoms. The van der Waals surface area contributed by atoms with Crippen molar-refractivity contribution >= 4 is 31.9 Å². The van der Waals surface area contributed by atoms with Crippen LogP contribution in [0.4, 0.5) is 0 Å². The highest BCUT2D eigenvalue weighted by atomic mass is 79.9. The zero-order chi connectivity index (χ0) is 13.7. The molecule has 1 unspecified atom stereocenters. The maximum absolute atomic E-state index is 9.88. The van der Waals surface area contributed by atoms with Crippen LogP contribution in [0.15, 0.2) is 60.7 Å². The molecule has 0 heterocycles. The summed E-state index contributed by atoms with van der Waals surface area (Å²) in [5.41, 5.74) is 1.32. The number of hydrogen-bond acceptors (Lipinski definition) is 1. The summed E-state index contributed by atoms with van der Waals surface area (Å²) >= 11 is 7.15. The van der Waals surface area contributed by atoms with Crippen LogP contribution in [-0.2, 0) is 5.41 Å². The number of halogens is 2. The third-order valence-electron chi connectivity index (χ3n) is 3.24. The van der Waals surface area contributed by atoms with E-state index >= 15 is 0 Å². The number of hydrogen-bond donors (Lipinski definition) is 0. The first kappa shape index (κ1) is 14.3. The highest BCUT2D eigenvalue weighted by Gasteiger charge is 2.40. The van der Waals surface area contributed by atoms with Crippen molar-refractivity contribution < 1.29 is 0 Å². The van der Waals surface area contributed by atoms with Gasteiger partial charge in [0.2, 0.25) is 0 Å². The first-order valence-electron chi connectivity index (χ1n) is 5.98. The molecule has 2 aromatic rings. The van der Waals surface area contributed by atoms with Gasteiger partial charge >= 0.3 is 0 Å². The molecular weight excluding hydrogens is 366 g/mol. The molecule has 0 aliphatic heterocycles. The van der Waals surface area contributed by atoms with E-state index in [0.29, 0.717) is 5.33 Å². The Morgan fingerprint density at radius 2 is 1.37 bits per heavy atom. The molecule has 0 saturated heterocycles. The molecule has 2 aromatic carbocycles. The molecule has 0 aliphatic rings. The van der Waals surface area contributed by atoms with Crippen LogP contribution in [0.3, 0.4) is 0 Å². The molecule has 2 rings (SSSR count). The molecule has 19 heavy (non-hydrogen) atoms. The van der Waals surface area contributed by atoms with Crippen molar-refractivity contribution in [2.24, 2.45) is 0 Å². The lowest BCUT2D eigenvalue weighted by Gasteiger charge is -2.31. The van der Waals surface area contributed by atoms with E-state index in [0.717, 1.165) is 11.1 Å². The Balaban J connectivity index is 2.67. The quantitative estimate of drug-likeness (QED) is 0.710. The third kappa shape index (κ3) is 2.61. The van der Waals surface area contributed by atoms with E-state index in [4.69, 9.17) is 0 Å². The van der Waals surface area contributed by atoms with E-state index in [-0.39, 0.29) is 4.83 Å². The Bertz CT molecular complexity index is 521. The maximum atomic E-state index is 9.88. The SMILES string of the molecule is N#CC(c1ccccc1)(c1ccccc1)C(Br)CBr. The third-order valence-corrected chi connectivity index (χ3v) is 5.77. The Kier molecular flexibility index (Phi) is 4.79. The number of alkyl halides is 2. The summed E-state index contributed by atoms with van der Waals surface area (Å²) in [6.45, 7) is 0. The average molecular weight is 379 g/mol. The lowest BCUT2D eigenvalue weighted by molar-refractivity contribution is 0.664. The zero-order valence-corrected chi connectivity index (χ0v) is 13.4. The first-order valence-corrected chi connectivity index (χ1v) is 8.01. The summed E-state index contributed by atoms with van der Waals surface area (Å²) in [6, 6.07) is 22.4. The van der Waals surface area contributed by atoms with Gasteiger partial charge in [-0.15, -0.1) is 0 Å². The Hall–Kier alpha value is -1.11. The van der Waals surface area contributed by atoms with Crippen LogP contribution in [0.1, 0.15) is 11.1 Å². The molecule has 0 aromatic heterocycles. The minimum Gasteiger partial charge on any atom is -0.197 e. The second-order valence-corrected chi connectivity index (χ2v) is 6.03. The van der Waals surface area contributed by atoms with Crippen LogP contribution in [0.5, 0.6) is 0 Å². The van der Waals surface area contributed by atoms with Crippen LogP contribution in [0.2, 0.25) is 0 Å². The Morgan fingerprint density at radius 3 is 1.68 bits per heavy atom. The van der Waals surface area contributed by atoms with Gasteiger partial charge in [0, 0.05) is 5.33 Å². The highest BCUT2D eigenvalue weighted by Crippen LogP contribution is 2.39. The Morgan fingerprint density at radius 1 is 0.947 bits per heavy atom. The van der Waals surface area contributed by atoms with Crippen molar-refractivity contribution in [3.05, 3.63) is 71.8 Å². The van der Waals surface area contributed by atoms with Crippen molar-refractivity contribution in [2.75, 3.05) is 5.33 Å². The van der Waals surface area contributed by atoms with Gasteiger partial charge in [-0.1, -0.05) is 92.5 Å². The highest BCUT2D eigenvalue weighted by molar-refractivity contribution is 9.12. The molecule has 0 spiro atoms. The molecule has 0 fully saturated rings. The van der Waals surface area contributed by atoms with Gasteiger partial charge in [-0.05, 0) is 11.1 Å². The van der Waals surface area contributed by atoms with E-state index in [1.165, 1.54) is 0 Å². The van der Waals surface area contributed by atoms with Crippen molar-refractivity contribution in [2.45, 2.75) is 10.2 Å². The molecule has 0 N–H and O–H groups in total. The van der Waals surface area contributed by atoms with E-state index < -0.39 is 5.41 Å². The van der Waals surface area contributed by atoms with Crippen molar-refractivity contribution in [3.8, 4) is 6.07 Å². The number of rotatable bonds is 4. The molecule has 96 valence electrons. The average Bonchev–Trinajstić information content (AvgIpc) is 2.50. The number of benzene rings is 2. The van der Waals surface area contributed by atoms with Gasteiger partial charge in [0.05, 0.1) is 10.9 Å². The normalized spacial score (nSPS) is 12.7. The fourth-order valence-corrected chi connectivity index (χ4v) is 3.36. The predicted molar refractivity (Wildman–Crippen MR) is 85.8 cm³/mol. The predicted octanol–water partition coefficient (Wildman–Crippen LogP) is 4.65. The van der Waals surface area contributed by atoms with Crippen LogP contribution in [-0.4, -0.2) is 10.2 Å². The lowest BCUT2D eigenvalue weighted by atomic mass is 9.73. The number of nitrogens with zero attached hydrogens (tertiary/aromatic N) is 1. The van der Waals surface area contributed by atoms with E-state index in [1.54, 1.807) is 0 Å². The van der Waals surface area contributed by atoms with E-state index in [2.05, 4.69) is 37.9 Å². The molecule has 1 atom stereocenters. The van der Waals surface area contributed by atoms with Gasteiger partial charge in [0.1, 0.15) is 5.41 Å². The topological polar surface area (TPSA) is 23.8 Å². The minimum absolute atomic E-state index is 0.00481. The molecular formula is C16H13Br2N. The maximum Gasteiger partial charge on any atom is 0.120 e. The van der Waals surface area contributed by atoms with Gasteiger partial charge in [0.15, 0.2) is 0 Å². The summed E-state index contributed by atoms with van der Waals surface area (Å²) < 4.78 is 0. The van der Waals surface area contributed by atoms with E-state index in [9.17, 15) is 5.26 Å². The first-order chi connectivity index (χ1) is 9.25. The van der Waals surface area contributed by atoms with Crippen molar-refractivity contribution in [1.82, 2.24) is 0 Å². The second kappa shape index (κ2) is 6.36. The largest absolute Gasteiger partial charge is 0.197 e. The second-order valence-electron chi connectivity index (χ2n) is 4.27. The van der Waals surface area contributed by atoms with Gasteiger partial charge in [-0.3, -0.25) is 0 Å². The number of nitriles is 1. The fraction of sp³-hybridized carbons (Fsp3) is 0.188.